The first-order valence-electron chi connectivity index (χ1n) is 11.9. The molecule has 2 aromatic carbocycles. The number of fused-ring (bicyclic) bond motifs is 1. The average molecular weight is 512 g/mol. The number of aromatic hydroxyl groups is 1. The first-order chi connectivity index (χ1) is 17.3. The zero-order chi connectivity index (χ0) is 26.0. The third-order valence-electron chi connectivity index (χ3n) is 7.30. The molecule has 8 heteroatoms. The van der Waals surface area contributed by atoms with Crippen LogP contribution in [0.25, 0.3) is 11.6 Å². The van der Waals surface area contributed by atoms with E-state index in [-0.39, 0.29) is 37.0 Å². The Morgan fingerprint density at radius 2 is 1.86 bits per heavy atom. The SMILES string of the molecule is CN1C(=O)[C@@H]2[C@@H](CC(CO)=C([C@H](O)CC/C(=C/c3ccc(O)cc3Cl)c3ccccc3)[C@@H]2CO)C1=O. The number of hydrogen-bond donors (Lipinski definition) is 4. The van der Waals surface area contributed by atoms with Gasteiger partial charge in [-0.1, -0.05) is 41.9 Å². The third kappa shape index (κ3) is 4.97. The van der Waals surface area contributed by atoms with Gasteiger partial charge in [0.05, 0.1) is 36.2 Å². The lowest BCUT2D eigenvalue weighted by Gasteiger charge is -2.36. The summed E-state index contributed by atoms with van der Waals surface area (Å²) in [5, 5.41) is 41.6. The first-order valence-corrected chi connectivity index (χ1v) is 12.3. The molecule has 1 fully saturated rings. The minimum absolute atomic E-state index is 0.0635. The second-order valence-corrected chi connectivity index (χ2v) is 9.78. The van der Waals surface area contributed by atoms with Crippen LogP contribution in [0.5, 0.6) is 5.75 Å². The lowest BCUT2D eigenvalue weighted by molar-refractivity contribution is -0.138. The van der Waals surface area contributed by atoms with Crippen LogP contribution in [0.2, 0.25) is 5.02 Å². The molecule has 2 amide bonds. The maximum Gasteiger partial charge on any atom is 0.233 e. The fourth-order valence-corrected chi connectivity index (χ4v) is 5.71. The molecule has 2 aliphatic rings. The number of carbonyl (C=O) groups excluding carboxylic acids is 2. The summed E-state index contributed by atoms with van der Waals surface area (Å²) in [6.07, 6.45) is 1.76. The number of aliphatic hydroxyl groups excluding tert-OH is 3. The van der Waals surface area contributed by atoms with Gasteiger partial charge < -0.3 is 20.4 Å². The molecular weight excluding hydrogens is 482 g/mol. The Morgan fingerprint density at radius 3 is 2.50 bits per heavy atom. The number of halogens is 1. The van der Waals surface area contributed by atoms with E-state index in [4.69, 9.17) is 11.6 Å². The number of imide groups is 1. The minimum Gasteiger partial charge on any atom is -0.508 e. The lowest BCUT2D eigenvalue weighted by atomic mass is 9.68. The molecule has 1 aliphatic heterocycles. The van der Waals surface area contributed by atoms with E-state index in [1.54, 1.807) is 12.1 Å². The number of carbonyl (C=O) groups is 2. The van der Waals surface area contributed by atoms with Crippen molar-refractivity contribution < 1.29 is 30.0 Å². The van der Waals surface area contributed by atoms with Gasteiger partial charge in [-0.2, -0.15) is 0 Å². The number of aliphatic hydroxyl groups is 3. The van der Waals surface area contributed by atoms with Gasteiger partial charge >= 0.3 is 0 Å². The molecule has 190 valence electrons. The topological polar surface area (TPSA) is 118 Å². The molecular formula is C28H30ClNO6. The molecule has 0 saturated carbocycles. The van der Waals surface area contributed by atoms with Crippen molar-refractivity contribution in [3.8, 4) is 5.75 Å². The minimum atomic E-state index is -1.03. The van der Waals surface area contributed by atoms with Gasteiger partial charge in [0.25, 0.3) is 0 Å². The second-order valence-electron chi connectivity index (χ2n) is 9.37. The van der Waals surface area contributed by atoms with Crippen molar-refractivity contribution >= 4 is 35.1 Å². The Kier molecular flexibility index (Phi) is 7.95. The highest BCUT2D eigenvalue weighted by Gasteiger charge is 2.53. The van der Waals surface area contributed by atoms with E-state index in [1.165, 1.54) is 13.1 Å². The fraction of sp³-hybridized carbons (Fsp3) is 0.357. The zero-order valence-corrected chi connectivity index (χ0v) is 20.7. The highest BCUT2D eigenvalue weighted by Crippen LogP contribution is 2.46. The first kappa shape index (κ1) is 26.1. The Bertz CT molecular complexity index is 1210. The van der Waals surface area contributed by atoms with Crippen molar-refractivity contribution in [3.63, 3.8) is 0 Å². The number of phenolic OH excluding ortho intramolecular Hbond substituents is 1. The molecule has 36 heavy (non-hydrogen) atoms. The van der Waals surface area contributed by atoms with E-state index < -0.39 is 30.5 Å². The number of hydrogen-bond acceptors (Lipinski definition) is 6. The normalized spacial score (nSPS) is 23.3. The number of rotatable bonds is 8. The average Bonchev–Trinajstić information content (AvgIpc) is 3.10. The van der Waals surface area contributed by atoms with Crippen LogP contribution in [-0.2, 0) is 9.59 Å². The van der Waals surface area contributed by atoms with Crippen LogP contribution in [-0.4, -0.2) is 63.5 Å². The molecule has 0 unspecified atom stereocenters. The number of likely N-dealkylation sites (tertiary alicyclic amines) is 1. The van der Waals surface area contributed by atoms with Gasteiger partial charge in [0.2, 0.25) is 11.8 Å². The maximum absolute atomic E-state index is 12.8. The summed E-state index contributed by atoms with van der Waals surface area (Å²) in [5.74, 6) is -2.73. The van der Waals surface area contributed by atoms with Gasteiger partial charge in [-0.3, -0.25) is 14.5 Å². The Hall–Kier alpha value is -2.97. The lowest BCUT2D eigenvalue weighted by Crippen LogP contribution is -2.39. The van der Waals surface area contributed by atoms with Crippen molar-refractivity contribution in [3.05, 3.63) is 75.8 Å². The smallest absolute Gasteiger partial charge is 0.233 e. The third-order valence-corrected chi connectivity index (χ3v) is 7.62. The van der Waals surface area contributed by atoms with E-state index in [0.29, 0.717) is 28.2 Å². The molecule has 7 nitrogen and oxygen atoms in total. The van der Waals surface area contributed by atoms with E-state index in [2.05, 4.69) is 0 Å². The van der Waals surface area contributed by atoms with Crippen molar-refractivity contribution in [2.75, 3.05) is 20.3 Å². The predicted octanol–water partition coefficient (Wildman–Crippen LogP) is 3.26. The van der Waals surface area contributed by atoms with E-state index >= 15 is 0 Å². The molecule has 1 aliphatic carbocycles. The van der Waals surface area contributed by atoms with E-state index in [9.17, 15) is 30.0 Å². The van der Waals surface area contributed by atoms with Gasteiger partial charge in [-0.25, -0.2) is 0 Å². The number of amides is 2. The maximum atomic E-state index is 12.8. The van der Waals surface area contributed by atoms with Crippen LogP contribution < -0.4 is 0 Å². The molecule has 1 saturated heterocycles. The van der Waals surface area contributed by atoms with Crippen LogP contribution in [0.15, 0.2) is 59.7 Å². The van der Waals surface area contributed by atoms with Crippen molar-refractivity contribution in [2.24, 2.45) is 17.8 Å². The van der Waals surface area contributed by atoms with Crippen LogP contribution >= 0.6 is 11.6 Å². The highest BCUT2D eigenvalue weighted by atomic mass is 35.5. The van der Waals surface area contributed by atoms with E-state index in [1.807, 2.05) is 36.4 Å². The molecule has 1 heterocycles. The van der Waals surface area contributed by atoms with Crippen LogP contribution in [0.1, 0.15) is 30.4 Å². The van der Waals surface area contributed by atoms with Gasteiger partial charge in [-0.05, 0) is 71.4 Å². The number of allylic oxidation sites excluding steroid dienone is 1. The van der Waals surface area contributed by atoms with Crippen molar-refractivity contribution in [1.29, 1.82) is 0 Å². The van der Waals surface area contributed by atoms with Gasteiger partial charge in [0, 0.05) is 13.0 Å². The second kappa shape index (κ2) is 11.0. The summed E-state index contributed by atoms with van der Waals surface area (Å²) in [4.78, 5) is 26.4. The Labute approximate surface area is 214 Å². The summed E-state index contributed by atoms with van der Waals surface area (Å²) in [5.41, 5.74) is 3.50. The summed E-state index contributed by atoms with van der Waals surface area (Å²) in [7, 11) is 1.43. The standard InChI is InChI=1S/C28H30ClNO6/c1-30-27(35)21-12-19(14-31)25(22(15-32)26(21)28(30)36)24(34)10-8-17(16-5-3-2-4-6-16)11-18-7-9-20(33)13-23(18)29/h2-7,9,11,13,21-22,24,26,31-34H,8,10,12,14-15H2,1H3/b17-11-/t21-,22+,24-,26-/m1/s1. The summed E-state index contributed by atoms with van der Waals surface area (Å²) >= 11 is 6.33. The molecule has 4 rings (SSSR count). The number of benzene rings is 2. The predicted molar refractivity (Wildman–Crippen MR) is 137 cm³/mol. The van der Waals surface area contributed by atoms with Gasteiger partial charge in [0.1, 0.15) is 5.75 Å². The summed E-state index contributed by atoms with van der Waals surface area (Å²) < 4.78 is 0. The fourth-order valence-electron chi connectivity index (χ4n) is 5.48. The molecule has 2 aromatic rings. The zero-order valence-electron chi connectivity index (χ0n) is 20.0. The monoisotopic (exact) mass is 511 g/mol. The molecule has 0 spiro atoms. The van der Waals surface area contributed by atoms with Crippen molar-refractivity contribution in [2.45, 2.75) is 25.4 Å². The largest absolute Gasteiger partial charge is 0.508 e. The van der Waals surface area contributed by atoms with Gasteiger partial charge in [-0.15, -0.1) is 0 Å². The van der Waals surface area contributed by atoms with Crippen LogP contribution in [0.3, 0.4) is 0 Å². The molecule has 4 atom stereocenters. The highest BCUT2D eigenvalue weighted by molar-refractivity contribution is 6.32. The molecule has 0 aromatic heterocycles. The van der Waals surface area contributed by atoms with Gasteiger partial charge in [0.15, 0.2) is 0 Å². The Balaban J connectivity index is 1.64. The summed E-state index contributed by atoms with van der Waals surface area (Å²) in [6, 6.07) is 14.4. The van der Waals surface area contributed by atoms with Crippen molar-refractivity contribution in [1.82, 2.24) is 4.90 Å². The van der Waals surface area contributed by atoms with Crippen LogP contribution in [0, 0.1) is 17.8 Å². The Morgan fingerprint density at radius 1 is 1.14 bits per heavy atom. The number of phenols is 1. The molecule has 4 N–H and O–H groups in total. The number of nitrogens with zero attached hydrogens (tertiary/aromatic N) is 1. The molecule has 0 radical (unpaired) electrons. The molecule has 0 bridgehead atoms. The van der Waals surface area contributed by atoms with E-state index in [0.717, 1.165) is 16.0 Å². The quantitative estimate of drug-likeness (QED) is 0.245. The summed E-state index contributed by atoms with van der Waals surface area (Å²) in [6.45, 7) is -0.768. The van der Waals surface area contributed by atoms with Crippen LogP contribution in [0.4, 0.5) is 0 Å².